The highest BCUT2D eigenvalue weighted by Crippen LogP contribution is 2.30. The minimum absolute atomic E-state index is 0.0521. The molecule has 1 aromatic heterocycles. The zero-order valence-electron chi connectivity index (χ0n) is 16.4. The first-order valence-electron chi connectivity index (χ1n) is 9.38. The second-order valence-electron chi connectivity index (χ2n) is 7.04. The highest BCUT2D eigenvalue weighted by Gasteiger charge is 2.28. The fraction of sp³-hybridized carbons (Fsp3) is 0.600. The molecule has 1 aliphatic rings. The summed E-state index contributed by atoms with van der Waals surface area (Å²) in [5, 5.41) is 13.0. The third-order valence-electron chi connectivity index (χ3n) is 5.19. The molecule has 1 aromatic rings. The monoisotopic (exact) mass is 389 g/mol. The molecule has 1 amide bonds. The SMILES string of the molecule is CCOC(=O)c1cc(C#N)c(SCC(=O)N[C@@H]2CCC[C@H](C)[C@@H]2C)nc1C. The first-order valence-corrected chi connectivity index (χ1v) is 10.4. The summed E-state index contributed by atoms with van der Waals surface area (Å²) in [6.45, 7) is 8.10. The van der Waals surface area contributed by atoms with Crippen molar-refractivity contribution in [3.63, 3.8) is 0 Å². The lowest BCUT2D eigenvalue weighted by Gasteiger charge is -2.34. The van der Waals surface area contributed by atoms with E-state index in [2.05, 4.69) is 30.2 Å². The van der Waals surface area contributed by atoms with Gasteiger partial charge in [-0.25, -0.2) is 9.78 Å². The van der Waals surface area contributed by atoms with E-state index in [4.69, 9.17) is 4.74 Å². The number of aryl methyl sites for hydroxylation is 1. The van der Waals surface area contributed by atoms with Crippen LogP contribution in [-0.4, -0.2) is 35.3 Å². The average Bonchev–Trinajstić information content (AvgIpc) is 2.64. The van der Waals surface area contributed by atoms with Gasteiger partial charge in [-0.3, -0.25) is 4.79 Å². The molecule has 0 aromatic carbocycles. The average molecular weight is 390 g/mol. The van der Waals surface area contributed by atoms with Gasteiger partial charge < -0.3 is 10.1 Å². The molecule has 3 atom stereocenters. The van der Waals surface area contributed by atoms with Crippen LogP contribution in [-0.2, 0) is 9.53 Å². The van der Waals surface area contributed by atoms with E-state index < -0.39 is 5.97 Å². The molecule has 1 N–H and O–H groups in total. The fourth-order valence-corrected chi connectivity index (χ4v) is 4.17. The number of nitrogens with one attached hydrogen (secondary N) is 1. The summed E-state index contributed by atoms with van der Waals surface area (Å²) >= 11 is 1.22. The van der Waals surface area contributed by atoms with Crippen LogP contribution in [0.4, 0.5) is 0 Å². The lowest BCUT2D eigenvalue weighted by atomic mass is 9.78. The number of amides is 1. The summed E-state index contributed by atoms with van der Waals surface area (Å²) in [6, 6.07) is 3.75. The largest absolute Gasteiger partial charge is 0.462 e. The molecule has 0 aliphatic heterocycles. The minimum Gasteiger partial charge on any atom is -0.462 e. The number of pyridine rings is 1. The van der Waals surface area contributed by atoms with Crippen molar-refractivity contribution in [2.75, 3.05) is 12.4 Å². The van der Waals surface area contributed by atoms with Crippen molar-refractivity contribution >= 4 is 23.6 Å². The molecule has 0 unspecified atom stereocenters. The van der Waals surface area contributed by atoms with E-state index in [1.54, 1.807) is 13.8 Å². The van der Waals surface area contributed by atoms with Gasteiger partial charge in [-0.2, -0.15) is 5.26 Å². The number of hydrogen-bond donors (Lipinski definition) is 1. The summed E-state index contributed by atoms with van der Waals surface area (Å²) in [4.78, 5) is 28.7. The zero-order chi connectivity index (χ0) is 20.0. The molecule has 146 valence electrons. The van der Waals surface area contributed by atoms with E-state index in [0.29, 0.717) is 22.6 Å². The van der Waals surface area contributed by atoms with Crippen LogP contribution < -0.4 is 5.32 Å². The molecule has 2 rings (SSSR count). The van der Waals surface area contributed by atoms with E-state index in [9.17, 15) is 14.9 Å². The predicted octanol–water partition coefficient (Wildman–Crippen LogP) is 3.47. The lowest BCUT2D eigenvalue weighted by Crippen LogP contribution is -2.44. The Kier molecular flexibility index (Phi) is 7.66. The number of carbonyl (C=O) groups is 2. The molecule has 0 spiro atoms. The van der Waals surface area contributed by atoms with Crippen molar-refractivity contribution in [1.29, 1.82) is 5.26 Å². The Labute approximate surface area is 165 Å². The highest BCUT2D eigenvalue weighted by atomic mass is 32.2. The molecule has 1 saturated carbocycles. The summed E-state index contributed by atoms with van der Waals surface area (Å²) < 4.78 is 4.99. The van der Waals surface area contributed by atoms with E-state index in [0.717, 1.165) is 12.8 Å². The van der Waals surface area contributed by atoms with E-state index in [1.165, 1.54) is 24.2 Å². The Morgan fingerprint density at radius 2 is 2.15 bits per heavy atom. The van der Waals surface area contributed by atoms with Crippen LogP contribution >= 0.6 is 11.8 Å². The molecule has 0 radical (unpaired) electrons. The standard InChI is InChI=1S/C20H27N3O3S/c1-5-26-20(25)16-9-15(10-21)19(22-14(16)4)27-11-18(24)23-17-8-6-7-12(2)13(17)3/h9,12-13,17H,5-8,11H2,1-4H3,(H,23,24)/t12-,13-,17+/m0/s1. The van der Waals surface area contributed by atoms with E-state index >= 15 is 0 Å². The van der Waals surface area contributed by atoms with Gasteiger partial charge in [0, 0.05) is 6.04 Å². The summed E-state index contributed by atoms with van der Waals surface area (Å²) in [7, 11) is 0. The highest BCUT2D eigenvalue weighted by molar-refractivity contribution is 8.00. The number of carbonyl (C=O) groups excluding carboxylic acids is 2. The van der Waals surface area contributed by atoms with Gasteiger partial charge in [-0.1, -0.05) is 38.5 Å². The fourth-order valence-electron chi connectivity index (χ4n) is 3.36. The van der Waals surface area contributed by atoms with Gasteiger partial charge in [0.15, 0.2) is 0 Å². The van der Waals surface area contributed by atoms with Gasteiger partial charge in [0.2, 0.25) is 5.91 Å². The van der Waals surface area contributed by atoms with Crippen molar-refractivity contribution in [2.45, 2.75) is 58.0 Å². The Balaban J connectivity index is 2.02. The third-order valence-corrected chi connectivity index (χ3v) is 6.18. The maximum Gasteiger partial charge on any atom is 0.340 e. The second kappa shape index (κ2) is 9.75. The molecule has 1 heterocycles. The van der Waals surface area contributed by atoms with E-state index in [-0.39, 0.29) is 35.4 Å². The smallest absolute Gasteiger partial charge is 0.340 e. The first-order chi connectivity index (χ1) is 12.9. The Morgan fingerprint density at radius 1 is 1.41 bits per heavy atom. The quantitative estimate of drug-likeness (QED) is 0.592. The number of nitriles is 1. The molecule has 1 fully saturated rings. The van der Waals surface area contributed by atoms with Crippen LogP contribution in [0.15, 0.2) is 11.1 Å². The second-order valence-corrected chi connectivity index (χ2v) is 8.00. The van der Waals surface area contributed by atoms with Crippen LogP contribution in [0.2, 0.25) is 0 Å². The number of ether oxygens (including phenoxy) is 1. The van der Waals surface area contributed by atoms with Gasteiger partial charge in [0.05, 0.1) is 29.2 Å². The summed E-state index contributed by atoms with van der Waals surface area (Å²) in [5.41, 5.74) is 1.05. The Morgan fingerprint density at radius 3 is 2.81 bits per heavy atom. The third kappa shape index (κ3) is 5.46. The Bertz CT molecular complexity index is 745. The molecular formula is C20H27N3O3S. The van der Waals surface area contributed by atoms with E-state index in [1.807, 2.05) is 0 Å². The van der Waals surface area contributed by atoms with Crippen molar-refractivity contribution in [3.05, 3.63) is 22.9 Å². The minimum atomic E-state index is -0.492. The number of aromatic nitrogens is 1. The lowest BCUT2D eigenvalue weighted by molar-refractivity contribution is -0.120. The first kappa shape index (κ1) is 21.2. The number of nitrogens with zero attached hydrogens (tertiary/aromatic N) is 2. The topological polar surface area (TPSA) is 92.1 Å². The number of thioether (sulfide) groups is 1. The number of esters is 1. The molecule has 7 heteroatoms. The predicted molar refractivity (Wildman–Crippen MR) is 104 cm³/mol. The van der Waals surface area contributed by atoms with Gasteiger partial charge in [0.1, 0.15) is 11.1 Å². The van der Waals surface area contributed by atoms with Gasteiger partial charge in [-0.15, -0.1) is 0 Å². The number of hydrogen-bond acceptors (Lipinski definition) is 6. The molecule has 1 aliphatic carbocycles. The molecule has 27 heavy (non-hydrogen) atoms. The maximum absolute atomic E-state index is 12.4. The van der Waals surface area contributed by atoms with Crippen LogP contribution in [0.25, 0.3) is 0 Å². The zero-order valence-corrected chi connectivity index (χ0v) is 17.2. The summed E-state index contributed by atoms with van der Waals surface area (Å²) in [6.07, 6.45) is 3.36. The van der Waals surface area contributed by atoms with Gasteiger partial charge >= 0.3 is 5.97 Å². The van der Waals surface area contributed by atoms with Crippen molar-refractivity contribution in [1.82, 2.24) is 10.3 Å². The van der Waals surface area contributed by atoms with Crippen molar-refractivity contribution in [2.24, 2.45) is 11.8 Å². The summed E-state index contributed by atoms with van der Waals surface area (Å²) in [5.74, 6) is 0.725. The van der Waals surface area contributed by atoms with Crippen molar-refractivity contribution in [3.8, 4) is 6.07 Å². The van der Waals surface area contributed by atoms with Crippen LogP contribution in [0.3, 0.4) is 0 Å². The van der Waals surface area contributed by atoms with Crippen LogP contribution in [0.5, 0.6) is 0 Å². The number of rotatable bonds is 6. The maximum atomic E-state index is 12.4. The van der Waals surface area contributed by atoms with Gasteiger partial charge in [0.25, 0.3) is 0 Å². The van der Waals surface area contributed by atoms with Crippen LogP contribution in [0.1, 0.15) is 61.6 Å². The molecular weight excluding hydrogens is 362 g/mol. The molecule has 0 bridgehead atoms. The molecule has 6 nitrogen and oxygen atoms in total. The Hall–Kier alpha value is -2.07. The van der Waals surface area contributed by atoms with Crippen LogP contribution in [0, 0.1) is 30.1 Å². The molecule has 0 saturated heterocycles. The van der Waals surface area contributed by atoms with Crippen molar-refractivity contribution < 1.29 is 14.3 Å². The van der Waals surface area contributed by atoms with Gasteiger partial charge in [-0.05, 0) is 38.2 Å². The normalized spacial score (nSPS) is 22.0.